The normalized spacial score (nSPS) is 18.5. The van der Waals surface area contributed by atoms with Crippen LogP contribution >= 0.6 is 0 Å². The lowest BCUT2D eigenvalue weighted by atomic mass is 10.0. The number of carbonyl (C=O) groups excluding carboxylic acids is 2. The van der Waals surface area contributed by atoms with Crippen LogP contribution in [-0.4, -0.2) is 18.5 Å². The third-order valence-corrected chi connectivity index (χ3v) is 3.66. The summed E-state index contributed by atoms with van der Waals surface area (Å²) in [7, 11) is 0. The Morgan fingerprint density at radius 3 is 2.43 bits per heavy atom. The number of para-hydroxylation sites is 1. The molecule has 0 radical (unpaired) electrons. The van der Waals surface area contributed by atoms with Crippen LogP contribution in [0.25, 0.3) is 11.1 Å². The Bertz CT molecular complexity index is 682. The first-order chi connectivity index (χ1) is 10.2. The van der Waals surface area contributed by atoms with E-state index in [1.54, 1.807) is 4.90 Å². The third-order valence-electron chi connectivity index (χ3n) is 3.66. The minimum absolute atomic E-state index is 0.214. The van der Waals surface area contributed by atoms with Gasteiger partial charge in [-0.25, -0.2) is 4.79 Å². The smallest absolute Gasteiger partial charge is 0.293 e. The van der Waals surface area contributed by atoms with Crippen LogP contribution in [0.3, 0.4) is 0 Å². The molecule has 0 saturated carbocycles. The Morgan fingerprint density at radius 2 is 1.67 bits per heavy atom. The lowest BCUT2D eigenvalue weighted by molar-refractivity contribution is -0.123. The van der Waals surface area contributed by atoms with E-state index in [-0.39, 0.29) is 17.9 Å². The standard InChI is InChI=1S/C17H16N2O2/c1-12-11-19(17(21)18-16(12)20)15-10-6-5-9-14(15)13-7-3-2-4-8-13/h2-10,12H,11H2,1H3,(H,18,20,21). The maximum atomic E-state index is 12.1. The monoisotopic (exact) mass is 280 g/mol. The lowest BCUT2D eigenvalue weighted by Crippen LogP contribution is -2.54. The van der Waals surface area contributed by atoms with E-state index in [1.165, 1.54) is 0 Å². The van der Waals surface area contributed by atoms with E-state index in [4.69, 9.17) is 0 Å². The van der Waals surface area contributed by atoms with Crippen molar-refractivity contribution in [2.75, 3.05) is 11.4 Å². The van der Waals surface area contributed by atoms with Crippen LogP contribution in [0.15, 0.2) is 54.6 Å². The number of rotatable bonds is 2. The molecule has 21 heavy (non-hydrogen) atoms. The molecule has 4 nitrogen and oxygen atoms in total. The van der Waals surface area contributed by atoms with E-state index < -0.39 is 0 Å². The molecule has 1 atom stereocenters. The van der Waals surface area contributed by atoms with Gasteiger partial charge in [0.15, 0.2) is 0 Å². The highest BCUT2D eigenvalue weighted by Crippen LogP contribution is 2.32. The molecule has 3 rings (SSSR count). The molecule has 2 aromatic rings. The number of urea groups is 1. The summed E-state index contributed by atoms with van der Waals surface area (Å²) in [5.74, 6) is -0.431. The summed E-state index contributed by atoms with van der Waals surface area (Å²) in [5, 5.41) is 2.40. The zero-order valence-electron chi connectivity index (χ0n) is 11.7. The number of anilines is 1. The van der Waals surface area contributed by atoms with Crippen LogP contribution < -0.4 is 10.2 Å². The van der Waals surface area contributed by atoms with Gasteiger partial charge in [-0.15, -0.1) is 0 Å². The van der Waals surface area contributed by atoms with Crippen molar-refractivity contribution in [2.24, 2.45) is 5.92 Å². The van der Waals surface area contributed by atoms with E-state index in [1.807, 2.05) is 61.5 Å². The summed E-state index contributed by atoms with van der Waals surface area (Å²) >= 11 is 0. The molecule has 0 aliphatic carbocycles. The number of nitrogens with one attached hydrogen (secondary N) is 1. The molecule has 106 valence electrons. The first kappa shape index (κ1) is 13.4. The van der Waals surface area contributed by atoms with Crippen molar-refractivity contribution >= 4 is 17.6 Å². The maximum Gasteiger partial charge on any atom is 0.328 e. The first-order valence-electron chi connectivity index (χ1n) is 6.93. The molecule has 4 heteroatoms. The fourth-order valence-corrected chi connectivity index (χ4v) is 2.51. The number of amides is 3. The zero-order valence-corrected chi connectivity index (χ0v) is 11.7. The number of carbonyl (C=O) groups is 2. The molecule has 3 amide bonds. The summed E-state index contributed by atoms with van der Waals surface area (Å²) in [6.45, 7) is 2.22. The van der Waals surface area contributed by atoms with Gasteiger partial charge in [-0.1, -0.05) is 55.5 Å². The Hall–Kier alpha value is -2.62. The summed E-state index contributed by atoms with van der Waals surface area (Å²) < 4.78 is 0. The van der Waals surface area contributed by atoms with Gasteiger partial charge in [0.05, 0.1) is 11.6 Å². The number of hydrogen-bond acceptors (Lipinski definition) is 2. The van der Waals surface area contributed by atoms with Gasteiger partial charge in [0.25, 0.3) is 0 Å². The van der Waals surface area contributed by atoms with Gasteiger partial charge in [0, 0.05) is 12.1 Å². The SMILES string of the molecule is CC1CN(c2ccccc2-c2ccccc2)C(=O)NC1=O. The molecule has 0 bridgehead atoms. The minimum Gasteiger partial charge on any atom is -0.293 e. The second-order valence-electron chi connectivity index (χ2n) is 5.19. The largest absolute Gasteiger partial charge is 0.328 e. The highest BCUT2D eigenvalue weighted by atomic mass is 16.2. The van der Waals surface area contributed by atoms with Crippen molar-refractivity contribution in [3.05, 3.63) is 54.6 Å². The average Bonchev–Trinajstić information content (AvgIpc) is 2.52. The molecular formula is C17H16N2O2. The van der Waals surface area contributed by atoms with Crippen LogP contribution in [0.1, 0.15) is 6.92 Å². The van der Waals surface area contributed by atoms with Gasteiger partial charge in [-0.05, 0) is 11.6 Å². The molecule has 1 saturated heterocycles. The molecule has 1 heterocycles. The Kier molecular flexibility index (Phi) is 3.44. The van der Waals surface area contributed by atoms with Crippen molar-refractivity contribution in [3.63, 3.8) is 0 Å². The van der Waals surface area contributed by atoms with Gasteiger partial charge in [-0.2, -0.15) is 0 Å². The predicted octanol–water partition coefficient (Wildman–Crippen LogP) is 3.05. The predicted molar refractivity (Wildman–Crippen MR) is 81.9 cm³/mol. The number of imide groups is 1. The van der Waals surface area contributed by atoms with Crippen LogP contribution in [0.4, 0.5) is 10.5 Å². The van der Waals surface area contributed by atoms with Crippen molar-refractivity contribution in [2.45, 2.75) is 6.92 Å². The molecule has 0 spiro atoms. The number of hydrogen-bond donors (Lipinski definition) is 1. The molecule has 1 aliphatic rings. The third kappa shape index (κ3) is 2.52. The molecule has 1 aliphatic heterocycles. The lowest BCUT2D eigenvalue weighted by Gasteiger charge is -2.31. The molecule has 1 fully saturated rings. The van der Waals surface area contributed by atoms with E-state index in [0.717, 1.165) is 16.8 Å². The van der Waals surface area contributed by atoms with Crippen LogP contribution in [0, 0.1) is 5.92 Å². The average molecular weight is 280 g/mol. The van der Waals surface area contributed by atoms with Crippen molar-refractivity contribution in [1.82, 2.24) is 5.32 Å². The summed E-state index contributed by atoms with van der Waals surface area (Å²) in [5.41, 5.74) is 2.85. The summed E-state index contributed by atoms with van der Waals surface area (Å²) in [4.78, 5) is 25.3. The number of benzene rings is 2. The van der Waals surface area contributed by atoms with Gasteiger partial charge < -0.3 is 0 Å². The number of nitrogens with zero attached hydrogens (tertiary/aromatic N) is 1. The zero-order chi connectivity index (χ0) is 14.8. The van der Waals surface area contributed by atoms with E-state index in [2.05, 4.69) is 5.32 Å². The topological polar surface area (TPSA) is 49.4 Å². The van der Waals surface area contributed by atoms with Crippen LogP contribution in [0.2, 0.25) is 0 Å². The Morgan fingerprint density at radius 1 is 1.00 bits per heavy atom. The van der Waals surface area contributed by atoms with E-state index in [9.17, 15) is 9.59 Å². The highest BCUT2D eigenvalue weighted by molar-refractivity contribution is 6.08. The molecule has 0 aromatic heterocycles. The molecular weight excluding hydrogens is 264 g/mol. The van der Waals surface area contributed by atoms with Crippen LogP contribution in [0.5, 0.6) is 0 Å². The maximum absolute atomic E-state index is 12.1. The second kappa shape index (κ2) is 5.40. The highest BCUT2D eigenvalue weighted by Gasteiger charge is 2.31. The van der Waals surface area contributed by atoms with Crippen molar-refractivity contribution in [1.29, 1.82) is 0 Å². The van der Waals surface area contributed by atoms with E-state index >= 15 is 0 Å². The van der Waals surface area contributed by atoms with Crippen LogP contribution in [-0.2, 0) is 4.79 Å². The Labute approximate surface area is 123 Å². The first-order valence-corrected chi connectivity index (χ1v) is 6.93. The van der Waals surface area contributed by atoms with E-state index in [0.29, 0.717) is 6.54 Å². The minimum atomic E-state index is -0.360. The van der Waals surface area contributed by atoms with Crippen molar-refractivity contribution in [3.8, 4) is 11.1 Å². The summed E-state index contributed by atoms with van der Waals surface area (Å²) in [6, 6.07) is 17.3. The fraction of sp³-hybridized carbons (Fsp3) is 0.176. The fourth-order valence-electron chi connectivity index (χ4n) is 2.51. The Balaban J connectivity index is 2.03. The molecule has 1 N–H and O–H groups in total. The second-order valence-corrected chi connectivity index (χ2v) is 5.19. The van der Waals surface area contributed by atoms with Gasteiger partial charge in [0.2, 0.25) is 5.91 Å². The summed E-state index contributed by atoms with van der Waals surface area (Å²) in [6.07, 6.45) is 0. The van der Waals surface area contributed by atoms with Crippen molar-refractivity contribution < 1.29 is 9.59 Å². The molecule has 2 aromatic carbocycles. The van der Waals surface area contributed by atoms with Gasteiger partial charge in [0.1, 0.15) is 0 Å². The quantitative estimate of drug-likeness (QED) is 0.919. The van der Waals surface area contributed by atoms with Gasteiger partial charge in [-0.3, -0.25) is 15.0 Å². The molecule has 1 unspecified atom stereocenters. The van der Waals surface area contributed by atoms with Gasteiger partial charge >= 0.3 is 6.03 Å².